The van der Waals surface area contributed by atoms with Crippen LogP contribution in [0.3, 0.4) is 0 Å². The van der Waals surface area contributed by atoms with E-state index >= 15 is 0 Å². The first-order chi connectivity index (χ1) is 6.16. The zero-order valence-corrected chi connectivity index (χ0v) is 8.34. The Labute approximate surface area is 79.4 Å². The van der Waals surface area contributed by atoms with Crippen molar-refractivity contribution in [3.05, 3.63) is 6.61 Å². The second kappa shape index (κ2) is 4.49. The lowest BCUT2D eigenvalue weighted by molar-refractivity contribution is -0.0127. The van der Waals surface area contributed by atoms with Crippen LogP contribution in [0.1, 0.15) is 46.0 Å². The van der Waals surface area contributed by atoms with Gasteiger partial charge in [-0.15, -0.1) is 0 Å². The van der Waals surface area contributed by atoms with Gasteiger partial charge in [0.15, 0.2) is 0 Å². The Morgan fingerprint density at radius 3 is 2.62 bits per heavy atom. The predicted molar refractivity (Wildman–Crippen MR) is 49.0 cm³/mol. The fraction of sp³-hybridized carbons (Fsp3) is 0.800. The maximum absolute atomic E-state index is 11.1. The smallest absolute Gasteiger partial charge is 0.428 e. The summed E-state index contributed by atoms with van der Waals surface area (Å²) in [6.07, 6.45) is 4.34. The number of hydrogen-bond donors (Lipinski definition) is 0. The molecule has 0 bridgehead atoms. The van der Waals surface area contributed by atoms with E-state index in [1.165, 1.54) is 6.61 Å². The first kappa shape index (κ1) is 10.4. The molecule has 3 heteroatoms. The Bertz CT molecular complexity index is 171. The van der Waals surface area contributed by atoms with Crippen LogP contribution in [0.2, 0.25) is 0 Å². The molecule has 75 valence electrons. The van der Waals surface area contributed by atoms with Crippen molar-refractivity contribution in [2.24, 2.45) is 0 Å². The van der Waals surface area contributed by atoms with Gasteiger partial charge in [0.05, 0.1) is 0 Å². The lowest BCUT2D eigenvalue weighted by Crippen LogP contribution is -2.28. The highest BCUT2D eigenvalue weighted by Crippen LogP contribution is 2.32. The molecule has 1 aliphatic carbocycles. The molecule has 0 saturated heterocycles. The van der Waals surface area contributed by atoms with E-state index in [4.69, 9.17) is 9.47 Å². The number of rotatable bonds is 3. The van der Waals surface area contributed by atoms with Gasteiger partial charge in [-0.3, -0.25) is 0 Å². The topological polar surface area (TPSA) is 35.5 Å². The average molecular weight is 185 g/mol. The molecule has 0 unspecified atom stereocenters. The first-order valence-corrected chi connectivity index (χ1v) is 4.87. The van der Waals surface area contributed by atoms with Crippen LogP contribution in [0.15, 0.2) is 0 Å². The molecule has 13 heavy (non-hydrogen) atoms. The highest BCUT2D eigenvalue weighted by Gasteiger charge is 2.33. The molecular formula is C10H17O3. The van der Waals surface area contributed by atoms with Crippen LogP contribution in [0.25, 0.3) is 0 Å². The fourth-order valence-electron chi connectivity index (χ4n) is 1.60. The molecule has 3 nitrogen and oxygen atoms in total. The highest BCUT2D eigenvalue weighted by molar-refractivity contribution is 5.61. The van der Waals surface area contributed by atoms with Crippen molar-refractivity contribution in [3.8, 4) is 0 Å². The van der Waals surface area contributed by atoms with Gasteiger partial charge < -0.3 is 9.47 Å². The van der Waals surface area contributed by atoms with Crippen molar-refractivity contribution in [1.29, 1.82) is 0 Å². The van der Waals surface area contributed by atoms with Crippen LogP contribution in [-0.2, 0) is 9.47 Å². The third-order valence-electron chi connectivity index (χ3n) is 2.34. The molecule has 0 aromatic rings. The summed E-state index contributed by atoms with van der Waals surface area (Å²) in [5, 5.41) is 0. The van der Waals surface area contributed by atoms with Crippen molar-refractivity contribution in [2.75, 3.05) is 0 Å². The van der Waals surface area contributed by atoms with E-state index in [2.05, 4.69) is 0 Å². The fourth-order valence-corrected chi connectivity index (χ4v) is 1.60. The lowest BCUT2D eigenvalue weighted by Gasteiger charge is -2.22. The monoisotopic (exact) mass is 185 g/mol. The Hall–Kier alpha value is -0.730. The van der Waals surface area contributed by atoms with Gasteiger partial charge in [-0.25, -0.2) is 4.79 Å². The van der Waals surface area contributed by atoms with Crippen LogP contribution in [0.5, 0.6) is 0 Å². The molecule has 0 heterocycles. The average Bonchev–Trinajstić information content (AvgIpc) is 2.48. The summed E-state index contributed by atoms with van der Waals surface area (Å²) in [5.41, 5.74) is -0.279. The summed E-state index contributed by atoms with van der Waals surface area (Å²) in [7, 11) is 0. The molecule has 0 amide bonds. The van der Waals surface area contributed by atoms with E-state index in [1.54, 1.807) is 0 Å². The van der Waals surface area contributed by atoms with E-state index in [0.29, 0.717) is 6.42 Å². The van der Waals surface area contributed by atoms with Gasteiger partial charge in [-0.1, -0.05) is 6.92 Å². The van der Waals surface area contributed by atoms with E-state index in [9.17, 15) is 4.79 Å². The SMILES string of the molecule is CC[CH]OC(=O)OC1(C)CCCC1. The van der Waals surface area contributed by atoms with Crippen molar-refractivity contribution in [3.63, 3.8) is 0 Å². The third-order valence-corrected chi connectivity index (χ3v) is 2.34. The third kappa shape index (κ3) is 3.25. The highest BCUT2D eigenvalue weighted by atomic mass is 16.7. The minimum absolute atomic E-state index is 0.279. The van der Waals surface area contributed by atoms with E-state index in [0.717, 1.165) is 25.7 Å². The Morgan fingerprint density at radius 1 is 1.46 bits per heavy atom. The number of ether oxygens (including phenoxy) is 2. The van der Waals surface area contributed by atoms with Crippen LogP contribution in [0, 0.1) is 6.61 Å². The Morgan fingerprint density at radius 2 is 2.08 bits per heavy atom. The van der Waals surface area contributed by atoms with Crippen molar-refractivity contribution in [1.82, 2.24) is 0 Å². The van der Waals surface area contributed by atoms with Crippen LogP contribution in [-0.4, -0.2) is 11.8 Å². The standard InChI is InChI=1S/C10H17O3/c1-3-8-12-9(11)13-10(2)6-4-5-7-10/h8H,3-7H2,1-2H3. The summed E-state index contributed by atoms with van der Waals surface area (Å²) in [4.78, 5) is 11.1. The van der Waals surface area contributed by atoms with Gasteiger partial charge >= 0.3 is 6.16 Å². The zero-order valence-electron chi connectivity index (χ0n) is 8.34. The van der Waals surface area contributed by atoms with Crippen LogP contribution in [0.4, 0.5) is 4.79 Å². The second-order valence-electron chi connectivity index (χ2n) is 3.70. The van der Waals surface area contributed by atoms with Crippen molar-refractivity contribution >= 4 is 6.16 Å². The Balaban J connectivity index is 2.26. The zero-order chi connectivity index (χ0) is 9.73. The number of hydrogen-bond acceptors (Lipinski definition) is 3. The molecule has 1 fully saturated rings. The molecule has 0 atom stereocenters. The van der Waals surface area contributed by atoms with Gasteiger partial charge in [-0.2, -0.15) is 0 Å². The van der Waals surface area contributed by atoms with E-state index in [-0.39, 0.29) is 5.60 Å². The summed E-state index contributed by atoms with van der Waals surface area (Å²) < 4.78 is 9.94. The summed E-state index contributed by atoms with van der Waals surface area (Å²) in [6, 6.07) is 0. The maximum atomic E-state index is 11.1. The molecule has 0 aromatic heterocycles. The van der Waals surface area contributed by atoms with Crippen molar-refractivity contribution < 1.29 is 14.3 Å². The lowest BCUT2D eigenvalue weighted by atomic mass is 10.1. The molecule has 1 radical (unpaired) electrons. The summed E-state index contributed by atoms with van der Waals surface area (Å²) in [5.74, 6) is 0. The molecule has 1 aliphatic rings. The van der Waals surface area contributed by atoms with Gasteiger partial charge in [0.1, 0.15) is 12.2 Å². The minimum Gasteiger partial charge on any atom is -0.428 e. The van der Waals surface area contributed by atoms with Gasteiger partial charge in [0.2, 0.25) is 0 Å². The molecule has 0 aromatic carbocycles. The quantitative estimate of drug-likeness (QED) is 0.634. The molecule has 1 saturated carbocycles. The van der Waals surface area contributed by atoms with E-state index in [1.807, 2.05) is 13.8 Å². The van der Waals surface area contributed by atoms with Gasteiger partial charge in [-0.05, 0) is 39.0 Å². The maximum Gasteiger partial charge on any atom is 0.509 e. The van der Waals surface area contributed by atoms with E-state index < -0.39 is 6.16 Å². The molecule has 1 rings (SSSR count). The second-order valence-corrected chi connectivity index (χ2v) is 3.70. The molecular weight excluding hydrogens is 168 g/mol. The Kier molecular flexibility index (Phi) is 3.58. The largest absolute Gasteiger partial charge is 0.509 e. The predicted octanol–water partition coefficient (Wildman–Crippen LogP) is 3.04. The normalized spacial score (nSPS) is 19.8. The molecule has 0 aliphatic heterocycles. The van der Waals surface area contributed by atoms with Gasteiger partial charge in [0, 0.05) is 0 Å². The molecule has 0 spiro atoms. The minimum atomic E-state index is -0.564. The number of carbonyl (C=O) groups excluding carboxylic acids is 1. The summed E-state index contributed by atoms with van der Waals surface area (Å²) >= 11 is 0. The first-order valence-electron chi connectivity index (χ1n) is 4.87. The summed E-state index contributed by atoms with van der Waals surface area (Å²) in [6.45, 7) is 5.33. The van der Waals surface area contributed by atoms with Crippen molar-refractivity contribution in [2.45, 2.75) is 51.6 Å². The van der Waals surface area contributed by atoms with Gasteiger partial charge in [0.25, 0.3) is 0 Å². The molecule has 0 N–H and O–H groups in total. The van der Waals surface area contributed by atoms with Crippen LogP contribution >= 0.6 is 0 Å². The number of carbonyl (C=O) groups is 1. The van der Waals surface area contributed by atoms with Crippen LogP contribution < -0.4 is 0 Å².